The fourth-order valence-corrected chi connectivity index (χ4v) is 1.97. The maximum absolute atomic E-state index is 9.78. The molecule has 0 aromatic heterocycles. The average Bonchev–Trinajstić information content (AvgIpc) is 2.33. The number of ether oxygens (including phenoxy) is 1. The molecule has 0 aliphatic heterocycles. The maximum Gasteiger partial charge on any atom is 0.0897 e. The van der Waals surface area contributed by atoms with Gasteiger partial charge in [-0.25, -0.2) is 0 Å². The van der Waals surface area contributed by atoms with E-state index in [4.69, 9.17) is 4.74 Å². The molecule has 0 spiro atoms. The Hall–Kier alpha value is -0.120. The van der Waals surface area contributed by atoms with Crippen molar-refractivity contribution in [2.24, 2.45) is 5.92 Å². The molecular weight excluding hydrogens is 226 g/mol. The minimum atomic E-state index is -0.380. The second-order valence-electron chi connectivity index (χ2n) is 5.57. The van der Waals surface area contributed by atoms with Gasteiger partial charge in [-0.3, -0.25) is 0 Å². The van der Waals surface area contributed by atoms with Crippen LogP contribution < -0.4 is 5.32 Å². The molecule has 2 atom stereocenters. The summed E-state index contributed by atoms with van der Waals surface area (Å²) in [4.78, 5) is 0. The third kappa shape index (κ3) is 11.0. The fraction of sp³-hybridized carbons (Fsp3) is 1.00. The van der Waals surface area contributed by atoms with Crippen LogP contribution >= 0.6 is 0 Å². The average molecular weight is 259 g/mol. The zero-order valence-electron chi connectivity index (χ0n) is 12.7. The zero-order valence-corrected chi connectivity index (χ0v) is 12.7. The SMILES string of the molecule is CCCC(CC)NCC(O)COCCCC(C)C. The van der Waals surface area contributed by atoms with Gasteiger partial charge in [0.1, 0.15) is 0 Å². The molecule has 0 saturated heterocycles. The van der Waals surface area contributed by atoms with Crippen LogP contribution in [-0.2, 0) is 4.74 Å². The molecule has 0 saturated carbocycles. The Balaban J connectivity index is 3.44. The quantitative estimate of drug-likeness (QED) is 0.529. The van der Waals surface area contributed by atoms with Crippen molar-refractivity contribution in [1.29, 1.82) is 0 Å². The van der Waals surface area contributed by atoms with E-state index in [9.17, 15) is 5.11 Å². The minimum absolute atomic E-state index is 0.380. The molecule has 0 heterocycles. The van der Waals surface area contributed by atoms with Crippen LogP contribution in [0, 0.1) is 5.92 Å². The highest BCUT2D eigenvalue weighted by atomic mass is 16.5. The Morgan fingerprint density at radius 2 is 1.89 bits per heavy atom. The van der Waals surface area contributed by atoms with Gasteiger partial charge in [-0.2, -0.15) is 0 Å². The second-order valence-corrected chi connectivity index (χ2v) is 5.57. The summed E-state index contributed by atoms with van der Waals surface area (Å²) in [6, 6.07) is 0.533. The highest BCUT2D eigenvalue weighted by molar-refractivity contribution is 4.67. The molecule has 0 aromatic rings. The number of hydrogen-bond acceptors (Lipinski definition) is 3. The Kier molecular flexibility index (Phi) is 11.9. The third-order valence-corrected chi connectivity index (χ3v) is 3.15. The van der Waals surface area contributed by atoms with E-state index in [0.717, 1.165) is 25.4 Å². The van der Waals surface area contributed by atoms with Crippen molar-refractivity contribution < 1.29 is 9.84 Å². The third-order valence-electron chi connectivity index (χ3n) is 3.15. The standard InChI is InChI=1S/C15H33NO2/c1-5-8-14(6-2)16-11-15(17)12-18-10-7-9-13(3)4/h13-17H,5-12H2,1-4H3. The molecule has 2 N–H and O–H groups in total. The van der Waals surface area contributed by atoms with E-state index in [2.05, 4.69) is 33.0 Å². The Bertz CT molecular complexity index is 174. The Morgan fingerprint density at radius 1 is 1.17 bits per heavy atom. The Morgan fingerprint density at radius 3 is 2.44 bits per heavy atom. The summed E-state index contributed by atoms with van der Waals surface area (Å²) in [6.45, 7) is 10.7. The monoisotopic (exact) mass is 259 g/mol. The van der Waals surface area contributed by atoms with Crippen molar-refractivity contribution in [3.63, 3.8) is 0 Å². The predicted molar refractivity (Wildman–Crippen MR) is 77.9 cm³/mol. The van der Waals surface area contributed by atoms with Crippen LogP contribution in [-0.4, -0.2) is 37.0 Å². The van der Waals surface area contributed by atoms with Crippen LogP contribution in [0.15, 0.2) is 0 Å². The van der Waals surface area contributed by atoms with Crippen molar-refractivity contribution in [2.75, 3.05) is 19.8 Å². The number of hydrogen-bond donors (Lipinski definition) is 2. The molecule has 18 heavy (non-hydrogen) atoms. The number of nitrogens with one attached hydrogen (secondary N) is 1. The molecule has 0 fully saturated rings. The Labute approximate surface area is 113 Å². The van der Waals surface area contributed by atoms with Crippen LogP contribution in [0.4, 0.5) is 0 Å². The van der Waals surface area contributed by atoms with Gasteiger partial charge in [-0.05, 0) is 31.6 Å². The highest BCUT2D eigenvalue weighted by Crippen LogP contribution is 2.03. The summed E-state index contributed by atoms with van der Waals surface area (Å²) >= 11 is 0. The molecular formula is C15H33NO2. The summed E-state index contributed by atoms with van der Waals surface area (Å²) < 4.78 is 5.48. The second kappa shape index (κ2) is 11.9. The van der Waals surface area contributed by atoms with Gasteiger partial charge in [-0.1, -0.05) is 34.1 Å². The molecule has 0 amide bonds. The van der Waals surface area contributed by atoms with Crippen molar-refractivity contribution in [3.05, 3.63) is 0 Å². The lowest BCUT2D eigenvalue weighted by Gasteiger charge is -2.19. The van der Waals surface area contributed by atoms with Crippen molar-refractivity contribution in [2.45, 2.75) is 71.9 Å². The van der Waals surface area contributed by atoms with Gasteiger partial charge in [0.25, 0.3) is 0 Å². The number of aliphatic hydroxyl groups excluding tert-OH is 1. The molecule has 0 aliphatic carbocycles. The van der Waals surface area contributed by atoms with Crippen LogP contribution in [0.2, 0.25) is 0 Å². The predicted octanol–water partition coefficient (Wildman–Crippen LogP) is 2.97. The van der Waals surface area contributed by atoms with Gasteiger partial charge in [0.2, 0.25) is 0 Å². The van der Waals surface area contributed by atoms with Gasteiger partial charge in [0.05, 0.1) is 12.7 Å². The lowest BCUT2D eigenvalue weighted by atomic mass is 10.1. The molecule has 0 aromatic carbocycles. The summed E-state index contributed by atoms with van der Waals surface area (Å²) in [5.74, 6) is 0.736. The first-order chi connectivity index (χ1) is 8.60. The van der Waals surface area contributed by atoms with E-state index in [-0.39, 0.29) is 6.10 Å². The first kappa shape index (κ1) is 17.9. The van der Waals surface area contributed by atoms with Crippen molar-refractivity contribution >= 4 is 0 Å². The molecule has 2 unspecified atom stereocenters. The van der Waals surface area contributed by atoms with E-state index >= 15 is 0 Å². The van der Waals surface area contributed by atoms with Crippen LogP contribution in [0.3, 0.4) is 0 Å². The summed E-state index contributed by atoms with van der Waals surface area (Å²) in [6.07, 6.45) is 5.39. The van der Waals surface area contributed by atoms with E-state index in [1.807, 2.05) is 0 Å². The fourth-order valence-electron chi connectivity index (χ4n) is 1.97. The van der Waals surface area contributed by atoms with Crippen molar-refractivity contribution in [3.8, 4) is 0 Å². The molecule has 0 aliphatic rings. The summed E-state index contributed by atoms with van der Waals surface area (Å²) in [7, 11) is 0. The van der Waals surface area contributed by atoms with Gasteiger partial charge < -0.3 is 15.2 Å². The van der Waals surface area contributed by atoms with Crippen LogP contribution in [0.5, 0.6) is 0 Å². The first-order valence-electron chi connectivity index (χ1n) is 7.59. The highest BCUT2D eigenvalue weighted by Gasteiger charge is 2.08. The summed E-state index contributed by atoms with van der Waals surface area (Å²) in [5.41, 5.74) is 0. The molecule has 0 radical (unpaired) electrons. The van der Waals surface area contributed by atoms with Crippen LogP contribution in [0.25, 0.3) is 0 Å². The van der Waals surface area contributed by atoms with Gasteiger partial charge in [-0.15, -0.1) is 0 Å². The largest absolute Gasteiger partial charge is 0.389 e. The van der Waals surface area contributed by atoms with E-state index in [1.54, 1.807) is 0 Å². The smallest absolute Gasteiger partial charge is 0.0897 e. The molecule has 3 nitrogen and oxygen atoms in total. The van der Waals surface area contributed by atoms with E-state index in [1.165, 1.54) is 19.3 Å². The minimum Gasteiger partial charge on any atom is -0.389 e. The topological polar surface area (TPSA) is 41.5 Å². The normalized spacial score (nSPS) is 15.0. The van der Waals surface area contributed by atoms with E-state index in [0.29, 0.717) is 19.2 Å². The maximum atomic E-state index is 9.78. The molecule has 0 rings (SSSR count). The first-order valence-corrected chi connectivity index (χ1v) is 7.59. The molecule has 0 bridgehead atoms. The van der Waals surface area contributed by atoms with Crippen LogP contribution in [0.1, 0.15) is 59.8 Å². The van der Waals surface area contributed by atoms with Gasteiger partial charge in [0, 0.05) is 19.2 Å². The number of aliphatic hydroxyl groups is 1. The lowest BCUT2D eigenvalue weighted by Crippen LogP contribution is -2.37. The van der Waals surface area contributed by atoms with Crippen molar-refractivity contribution in [1.82, 2.24) is 5.32 Å². The lowest BCUT2D eigenvalue weighted by molar-refractivity contribution is 0.0332. The van der Waals surface area contributed by atoms with Gasteiger partial charge >= 0.3 is 0 Å². The van der Waals surface area contributed by atoms with E-state index < -0.39 is 0 Å². The summed E-state index contributed by atoms with van der Waals surface area (Å²) in [5, 5.41) is 13.2. The number of rotatable bonds is 12. The molecule has 3 heteroatoms. The van der Waals surface area contributed by atoms with Gasteiger partial charge in [0.15, 0.2) is 0 Å². The molecule has 110 valence electrons. The zero-order chi connectivity index (χ0) is 13.8.